The molecule has 7 heteroatoms. The SMILES string of the molecule is C[Si](C)(C)O[Si]1(C)C=C(C2CC2)[Si](C)(O[Si](C)(C)C)O1. The van der Waals surface area contributed by atoms with Crippen LogP contribution in [0.1, 0.15) is 12.8 Å². The maximum Gasteiger partial charge on any atom is 0.346 e. The lowest BCUT2D eigenvalue weighted by atomic mass is 10.4. The second kappa shape index (κ2) is 5.00. The van der Waals surface area contributed by atoms with Crippen LogP contribution in [0.25, 0.3) is 0 Å². The monoisotopic (exact) mass is 346 g/mol. The van der Waals surface area contributed by atoms with E-state index in [-0.39, 0.29) is 0 Å². The fraction of sp³-hybridized carbons (Fsp3) is 0.846. The quantitative estimate of drug-likeness (QED) is 0.695. The van der Waals surface area contributed by atoms with Crippen molar-refractivity contribution in [2.45, 2.75) is 65.2 Å². The fourth-order valence-corrected chi connectivity index (χ4v) is 21.9. The fourth-order valence-electron chi connectivity index (χ4n) is 3.09. The average molecular weight is 347 g/mol. The third-order valence-corrected chi connectivity index (χ3v) is 17.3. The summed E-state index contributed by atoms with van der Waals surface area (Å²) in [6.45, 7) is 18.0. The van der Waals surface area contributed by atoms with E-state index in [1.807, 2.05) is 0 Å². The highest BCUT2D eigenvalue weighted by molar-refractivity contribution is 6.97. The summed E-state index contributed by atoms with van der Waals surface area (Å²) < 4.78 is 19.6. The van der Waals surface area contributed by atoms with Gasteiger partial charge in [-0.25, -0.2) is 0 Å². The Morgan fingerprint density at radius 3 is 1.90 bits per heavy atom. The highest BCUT2D eigenvalue weighted by Gasteiger charge is 2.57. The lowest BCUT2D eigenvalue weighted by Gasteiger charge is -2.36. The molecule has 0 N–H and O–H groups in total. The van der Waals surface area contributed by atoms with Crippen LogP contribution in [0.4, 0.5) is 0 Å². The van der Waals surface area contributed by atoms with Gasteiger partial charge in [-0.1, -0.05) is 0 Å². The van der Waals surface area contributed by atoms with E-state index in [0.717, 1.165) is 5.92 Å². The molecular weight excluding hydrogens is 316 g/mol. The minimum Gasteiger partial charge on any atom is -0.434 e. The smallest absolute Gasteiger partial charge is 0.346 e. The molecule has 1 aliphatic carbocycles. The van der Waals surface area contributed by atoms with E-state index in [1.54, 1.807) is 0 Å². The van der Waals surface area contributed by atoms with Gasteiger partial charge in [0.1, 0.15) is 0 Å². The van der Waals surface area contributed by atoms with Gasteiger partial charge in [0.05, 0.1) is 0 Å². The molecule has 0 spiro atoms. The van der Waals surface area contributed by atoms with Crippen LogP contribution in [0.5, 0.6) is 0 Å². The zero-order valence-corrected chi connectivity index (χ0v) is 18.3. The van der Waals surface area contributed by atoms with Gasteiger partial charge in [-0.15, -0.1) is 0 Å². The summed E-state index contributed by atoms with van der Waals surface area (Å²) in [6, 6.07) is 0. The molecule has 2 unspecified atom stereocenters. The topological polar surface area (TPSA) is 27.7 Å². The summed E-state index contributed by atoms with van der Waals surface area (Å²) in [5.74, 6) is 0.725. The van der Waals surface area contributed by atoms with E-state index in [4.69, 9.17) is 12.3 Å². The number of hydrogen-bond donors (Lipinski definition) is 0. The molecule has 1 aliphatic heterocycles. The van der Waals surface area contributed by atoms with Gasteiger partial charge < -0.3 is 12.3 Å². The first-order valence-corrected chi connectivity index (χ1v) is 19.2. The second-order valence-corrected chi connectivity index (χ2v) is 24.1. The predicted molar refractivity (Wildman–Crippen MR) is 94.0 cm³/mol. The Kier molecular flexibility index (Phi) is 4.22. The summed E-state index contributed by atoms with van der Waals surface area (Å²) in [5.41, 5.74) is 2.40. The summed E-state index contributed by atoms with van der Waals surface area (Å²) >= 11 is 0. The van der Waals surface area contributed by atoms with E-state index in [2.05, 4.69) is 58.1 Å². The summed E-state index contributed by atoms with van der Waals surface area (Å²) in [5, 5.41) is 1.51. The molecule has 1 saturated carbocycles. The molecule has 20 heavy (non-hydrogen) atoms. The van der Waals surface area contributed by atoms with E-state index < -0.39 is 33.8 Å². The largest absolute Gasteiger partial charge is 0.434 e. The van der Waals surface area contributed by atoms with Crippen molar-refractivity contribution < 1.29 is 12.3 Å². The Morgan fingerprint density at radius 1 is 1.00 bits per heavy atom. The van der Waals surface area contributed by atoms with Gasteiger partial charge in [-0.3, -0.25) is 0 Å². The first kappa shape index (κ1) is 16.9. The van der Waals surface area contributed by atoms with Crippen molar-refractivity contribution in [1.82, 2.24) is 0 Å². The lowest BCUT2D eigenvalue weighted by Crippen LogP contribution is -2.53. The maximum absolute atomic E-state index is 6.61. The molecule has 116 valence electrons. The lowest BCUT2D eigenvalue weighted by molar-refractivity contribution is 0.346. The third kappa shape index (κ3) is 4.25. The second-order valence-electron chi connectivity index (χ2n) is 8.37. The first-order chi connectivity index (χ1) is 8.82. The van der Waals surface area contributed by atoms with Crippen molar-refractivity contribution in [2.24, 2.45) is 5.92 Å². The molecule has 0 bridgehead atoms. The van der Waals surface area contributed by atoms with E-state index in [0.29, 0.717) is 0 Å². The third-order valence-electron chi connectivity index (χ3n) is 3.37. The van der Waals surface area contributed by atoms with Crippen LogP contribution in [0, 0.1) is 5.92 Å². The highest BCUT2D eigenvalue weighted by atomic mass is 28.5. The van der Waals surface area contributed by atoms with Crippen LogP contribution < -0.4 is 0 Å². The Labute approximate surface area is 128 Å². The van der Waals surface area contributed by atoms with Gasteiger partial charge in [0.2, 0.25) is 0 Å². The molecule has 0 amide bonds. The molecule has 1 heterocycles. The summed E-state index contributed by atoms with van der Waals surface area (Å²) in [4.78, 5) is 0. The molecule has 2 atom stereocenters. The van der Waals surface area contributed by atoms with Crippen molar-refractivity contribution in [2.75, 3.05) is 0 Å². The van der Waals surface area contributed by atoms with Crippen LogP contribution in [-0.2, 0) is 12.3 Å². The maximum atomic E-state index is 6.61. The molecule has 2 rings (SSSR count). The minimum atomic E-state index is -2.21. The molecule has 0 saturated heterocycles. The van der Waals surface area contributed by atoms with Crippen LogP contribution >= 0.6 is 0 Å². The van der Waals surface area contributed by atoms with Gasteiger partial charge in [0.15, 0.2) is 16.6 Å². The average Bonchev–Trinajstić information content (AvgIpc) is 2.86. The van der Waals surface area contributed by atoms with E-state index in [9.17, 15) is 0 Å². The van der Waals surface area contributed by atoms with Crippen molar-refractivity contribution in [3.63, 3.8) is 0 Å². The van der Waals surface area contributed by atoms with Crippen molar-refractivity contribution in [3.05, 3.63) is 10.9 Å². The van der Waals surface area contributed by atoms with Crippen LogP contribution in [0.2, 0.25) is 52.4 Å². The number of allylic oxidation sites excluding steroid dienone is 1. The summed E-state index contributed by atoms with van der Waals surface area (Å²) in [7, 11) is -7.58. The minimum absolute atomic E-state index is 0.725. The Balaban J connectivity index is 2.25. The van der Waals surface area contributed by atoms with Gasteiger partial charge in [-0.05, 0) is 82.0 Å². The normalized spacial score (nSPS) is 35.3. The van der Waals surface area contributed by atoms with Crippen LogP contribution in [0.15, 0.2) is 10.9 Å². The van der Waals surface area contributed by atoms with Gasteiger partial charge in [0, 0.05) is 0 Å². The van der Waals surface area contributed by atoms with E-state index in [1.165, 1.54) is 18.0 Å². The molecular formula is C13H30O3Si4. The van der Waals surface area contributed by atoms with Crippen molar-refractivity contribution >= 4 is 33.8 Å². The molecule has 3 nitrogen and oxygen atoms in total. The number of hydrogen-bond acceptors (Lipinski definition) is 3. The Bertz CT molecular complexity index is 422. The molecule has 0 aromatic carbocycles. The molecule has 0 aromatic rings. The van der Waals surface area contributed by atoms with Gasteiger partial charge in [-0.2, -0.15) is 0 Å². The highest BCUT2D eigenvalue weighted by Crippen LogP contribution is 2.47. The predicted octanol–water partition coefficient (Wildman–Crippen LogP) is 4.28. The van der Waals surface area contributed by atoms with Crippen molar-refractivity contribution in [1.29, 1.82) is 0 Å². The molecule has 1 fully saturated rings. The van der Waals surface area contributed by atoms with Gasteiger partial charge in [0.25, 0.3) is 0 Å². The van der Waals surface area contributed by atoms with Gasteiger partial charge >= 0.3 is 17.1 Å². The Hall–Kier alpha value is 0.488. The molecule has 2 aliphatic rings. The standard InChI is InChI=1S/C13H30O3Si4/c1-17(2,3)14-19(7)11-13(12-9-10-12)20(8,16-19)15-18(4,5)6/h11-12H,9-10H2,1-8H3. The molecule has 0 aromatic heterocycles. The first-order valence-electron chi connectivity index (χ1n) is 7.66. The van der Waals surface area contributed by atoms with E-state index >= 15 is 0 Å². The zero-order chi connectivity index (χ0) is 15.4. The molecule has 0 radical (unpaired) electrons. The summed E-state index contributed by atoms with van der Waals surface area (Å²) in [6.07, 6.45) is 2.62. The van der Waals surface area contributed by atoms with Crippen LogP contribution in [-0.4, -0.2) is 33.8 Å². The zero-order valence-electron chi connectivity index (χ0n) is 14.3. The van der Waals surface area contributed by atoms with Crippen molar-refractivity contribution in [3.8, 4) is 0 Å². The van der Waals surface area contributed by atoms with Crippen LogP contribution in [0.3, 0.4) is 0 Å². The Morgan fingerprint density at radius 2 is 1.50 bits per heavy atom. The number of rotatable bonds is 5.